The summed E-state index contributed by atoms with van der Waals surface area (Å²) < 4.78 is 0. The quantitative estimate of drug-likeness (QED) is 0.864. The topological polar surface area (TPSA) is 32.3 Å². The molecule has 1 spiro atoms. The van der Waals surface area contributed by atoms with Crippen LogP contribution in [0, 0.1) is 5.41 Å². The molecule has 1 N–H and O–H groups in total. The van der Waals surface area contributed by atoms with Crippen molar-refractivity contribution in [3.05, 3.63) is 28.2 Å². The average Bonchev–Trinajstić information content (AvgIpc) is 3.17. The van der Waals surface area contributed by atoms with Gasteiger partial charge in [0.05, 0.1) is 16.1 Å². The number of halogens is 2. The third kappa shape index (κ3) is 2.47. The molecule has 1 unspecified atom stereocenters. The lowest BCUT2D eigenvalue weighted by atomic mass is 10.1. The first kappa shape index (κ1) is 13.2. The molecule has 2 aliphatic rings. The lowest BCUT2D eigenvalue weighted by Crippen LogP contribution is -2.41. The number of carbonyl (C=O) groups is 1. The zero-order valence-corrected chi connectivity index (χ0v) is 12.3. The molecule has 0 radical (unpaired) electrons. The summed E-state index contributed by atoms with van der Waals surface area (Å²) in [5.41, 5.74) is 1.09. The molecular formula is C14H16Cl2N2O. The van der Waals surface area contributed by atoms with E-state index in [4.69, 9.17) is 23.2 Å². The molecule has 1 aromatic carbocycles. The zero-order valence-electron chi connectivity index (χ0n) is 10.7. The van der Waals surface area contributed by atoms with E-state index in [0.29, 0.717) is 10.0 Å². The maximum absolute atomic E-state index is 12.4. The number of rotatable bonds is 1. The number of anilines is 1. The van der Waals surface area contributed by atoms with Crippen molar-refractivity contribution in [2.75, 3.05) is 18.0 Å². The van der Waals surface area contributed by atoms with Gasteiger partial charge in [0.1, 0.15) is 0 Å². The van der Waals surface area contributed by atoms with Gasteiger partial charge in [0.15, 0.2) is 0 Å². The van der Waals surface area contributed by atoms with Crippen molar-refractivity contribution in [2.45, 2.75) is 25.8 Å². The normalized spacial score (nSPS) is 25.5. The Morgan fingerprint density at radius 3 is 2.68 bits per heavy atom. The summed E-state index contributed by atoms with van der Waals surface area (Å²) >= 11 is 12.0. The highest BCUT2D eigenvalue weighted by Crippen LogP contribution is 2.47. The van der Waals surface area contributed by atoms with Gasteiger partial charge in [0.25, 0.3) is 0 Å². The van der Waals surface area contributed by atoms with Gasteiger partial charge in [0, 0.05) is 24.2 Å². The first-order valence-corrected chi connectivity index (χ1v) is 7.26. The summed E-state index contributed by atoms with van der Waals surface area (Å²) in [6.45, 7) is 3.59. The molecule has 1 atom stereocenters. The largest absolute Gasteiger partial charge is 0.310 e. The minimum Gasteiger partial charge on any atom is -0.310 e. The second-order valence-corrected chi connectivity index (χ2v) is 6.44. The fourth-order valence-corrected chi connectivity index (χ4v) is 2.84. The molecule has 3 nitrogen and oxygen atoms in total. The number of amides is 1. The summed E-state index contributed by atoms with van der Waals surface area (Å²) in [5.74, 6) is 0.0992. The molecule has 1 saturated carbocycles. The highest BCUT2D eigenvalue weighted by atomic mass is 35.5. The van der Waals surface area contributed by atoms with Crippen LogP contribution in [-0.2, 0) is 4.79 Å². The standard InChI is InChI=1S/C14H16Cl2N2O/c1-9-13(19)18(8-14(4-5-14)7-17-9)10-2-3-11(15)12(16)6-10/h2-3,6,9,17H,4-5,7-8H2,1H3. The van der Waals surface area contributed by atoms with Crippen LogP contribution in [0.1, 0.15) is 19.8 Å². The summed E-state index contributed by atoms with van der Waals surface area (Å²) in [6.07, 6.45) is 2.36. The van der Waals surface area contributed by atoms with Crippen LogP contribution >= 0.6 is 23.2 Å². The smallest absolute Gasteiger partial charge is 0.243 e. The molecule has 1 amide bonds. The van der Waals surface area contributed by atoms with Crippen molar-refractivity contribution in [2.24, 2.45) is 5.41 Å². The zero-order chi connectivity index (χ0) is 13.6. The van der Waals surface area contributed by atoms with E-state index in [9.17, 15) is 4.79 Å². The molecule has 5 heteroatoms. The molecule has 3 rings (SSSR count). The van der Waals surface area contributed by atoms with Crippen LogP contribution in [0.15, 0.2) is 18.2 Å². The first-order chi connectivity index (χ1) is 9.01. The fourth-order valence-electron chi connectivity index (χ4n) is 2.54. The average molecular weight is 299 g/mol. The Bertz CT molecular complexity index is 528. The number of nitrogens with zero attached hydrogens (tertiary/aromatic N) is 1. The van der Waals surface area contributed by atoms with Crippen molar-refractivity contribution in [3.8, 4) is 0 Å². The highest BCUT2D eigenvalue weighted by Gasteiger charge is 2.47. The monoisotopic (exact) mass is 298 g/mol. The van der Waals surface area contributed by atoms with Gasteiger partial charge in [-0.3, -0.25) is 4.79 Å². The van der Waals surface area contributed by atoms with Gasteiger partial charge in [-0.1, -0.05) is 23.2 Å². The van der Waals surface area contributed by atoms with Gasteiger partial charge >= 0.3 is 0 Å². The molecule has 19 heavy (non-hydrogen) atoms. The molecule has 1 aliphatic heterocycles. The molecule has 0 aromatic heterocycles. The number of carbonyl (C=O) groups excluding carboxylic acids is 1. The van der Waals surface area contributed by atoms with Crippen LogP contribution in [0.25, 0.3) is 0 Å². The second-order valence-electron chi connectivity index (χ2n) is 5.63. The number of nitrogens with one attached hydrogen (secondary N) is 1. The van der Waals surface area contributed by atoms with Gasteiger partial charge in [-0.05, 0) is 38.0 Å². The maximum atomic E-state index is 12.4. The van der Waals surface area contributed by atoms with Crippen molar-refractivity contribution < 1.29 is 4.79 Å². The Morgan fingerprint density at radius 2 is 2.05 bits per heavy atom. The maximum Gasteiger partial charge on any atom is 0.243 e. The number of hydrogen-bond acceptors (Lipinski definition) is 2. The molecule has 0 bridgehead atoms. The Morgan fingerprint density at radius 1 is 1.32 bits per heavy atom. The second kappa shape index (κ2) is 4.65. The fraction of sp³-hybridized carbons (Fsp3) is 0.500. The summed E-state index contributed by atoms with van der Waals surface area (Å²) in [5, 5.41) is 4.32. The molecule has 1 aliphatic carbocycles. The first-order valence-electron chi connectivity index (χ1n) is 6.51. The highest BCUT2D eigenvalue weighted by molar-refractivity contribution is 6.42. The lowest BCUT2D eigenvalue weighted by molar-refractivity contribution is -0.119. The predicted molar refractivity (Wildman–Crippen MR) is 77.9 cm³/mol. The van der Waals surface area contributed by atoms with E-state index in [-0.39, 0.29) is 17.4 Å². The third-order valence-electron chi connectivity index (χ3n) is 4.09. The third-order valence-corrected chi connectivity index (χ3v) is 4.82. The number of hydrogen-bond donors (Lipinski definition) is 1. The van der Waals surface area contributed by atoms with Crippen molar-refractivity contribution in [3.63, 3.8) is 0 Å². The predicted octanol–water partition coefficient (Wildman–Crippen LogP) is 3.10. The van der Waals surface area contributed by atoms with E-state index in [1.54, 1.807) is 12.1 Å². The molecule has 1 heterocycles. The Balaban J connectivity index is 1.95. The molecule has 2 fully saturated rings. The summed E-state index contributed by atoms with van der Waals surface area (Å²) in [7, 11) is 0. The Labute approximate surface area is 122 Å². The van der Waals surface area contributed by atoms with Crippen molar-refractivity contribution in [1.82, 2.24) is 5.32 Å². The van der Waals surface area contributed by atoms with Crippen LogP contribution < -0.4 is 10.2 Å². The van der Waals surface area contributed by atoms with E-state index in [1.165, 1.54) is 12.8 Å². The van der Waals surface area contributed by atoms with E-state index in [1.807, 2.05) is 17.9 Å². The Hall–Kier alpha value is -0.770. The molecular weight excluding hydrogens is 283 g/mol. The van der Waals surface area contributed by atoms with E-state index >= 15 is 0 Å². The molecule has 1 saturated heterocycles. The van der Waals surface area contributed by atoms with E-state index in [2.05, 4.69) is 5.32 Å². The summed E-state index contributed by atoms with van der Waals surface area (Å²) in [4.78, 5) is 14.3. The lowest BCUT2D eigenvalue weighted by Gasteiger charge is -2.25. The minimum absolute atomic E-state index is 0.0992. The van der Waals surface area contributed by atoms with Crippen LogP contribution in [0.4, 0.5) is 5.69 Å². The molecule has 1 aromatic rings. The van der Waals surface area contributed by atoms with Gasteiger partial charge in [-0.25, -0.2) is 0 Å². The SMILES string of the molecule is CC1NCC2(CC2)CN(c2ccc(Cl)c(Cl)c2)C1=O. The van der Waals surface area contributed by atoms with Gasteiger partial charge in [-0.15, -0.1) is 0 Å². The van der Waals surface area contributed by atoms with Crippen molar-refractivity contribution in [1.29, 1.82) is 0 Å². The minimum atomic E-state index is -0.158. The molecule has 102 valence electrons. The van der Waals surface area contributed by atoms with Crippen LogP contribution in [0.2, 0.25) is 10.0 Å². The van der Waals surface area contributed by atoms with Gasteiger partial charge in [0.2, 0.25) is 5.91 Å². The van der Waals surface area contributed by atoms with Gasteiger partial charge in [-0.2, -0.15) is 0 Å². The summed E-state index contributed by atoms with van der Waals surface area (Å²) in [6, 6.07) is 5.22. The number of benzene rings is 1. The van der Waals surface area contributed by atoms with Crippen molar-refractivity contribution >= 4 is 34.8 Å². The van der Waals surface area contributed by atoms with E-state index in [0.717, 1.165) is 18.8 Å². The van der Waals surface area contributed by atoms with Gasteiger partial charge < -0.3 is 10.2 Å². The van der Waals surface area contributed by atoms with Crippen LogP contribution in [-0.4, -0.2) is 25.0 Å². The van der Waals surface area contributed by atoms with E-state index < -0.39 is 0 Å². The van der Waals surface area contributed by atoms with Crippen LogP contribution in [0.3, 0.4) is 0 Å². The Kier molecular flexibility index (Phi) is 3.24. The van der Waals surface area contributed by atoms with Crippen LogP contribution in [0.5, 0.6) is 0 Å².